The number of thiocarbonyl (C=S) groups is 1. The number of phenols is 2. The lowest BCUT2D eigenvalue weighted by molar-refractivity contribution is -0.115. The maximum Gasteiger partial charge on any atom is 0.273 e. The SMILES string of the molecule is Cc1cc2c(cc1-c1cc(C=C3NC(=S)NC3=O)c(O)cc1O)C(C)(C)CCC2(C)C. The number of phenolic OH excluding ortho intramolecular Hbond substituents is 2. The summed E-state index contributed by atoms with van der Waals surface area (Å²) in [6, 6.07) is 7.45. The van der Waals surface area contributed by atoms with Gasteiger partial charge in [-0.05, 0) is 83.3 Å². The Labute approximate surface area is 188 Å². The molecule has 0 unspecified atom stereocenters. The predicted octanol–water partition coefficient (Wildman–Crippen LogP) is 4.77. The largest absolute Gasteiger partial charge is 0.507 e. The third-order valence-corrected chi connectivity index (χ3v) is 6.86. The summed E-state index contributed by atoms with van der Waals surface area (Å²) >= 11 is 4.97. The minimum Gasteiger partial charge on any atom is -0.507 e. The zero-order chi connectivity index (χ0) is 22.7. The maximum atomic E-state index is 12.0. The highest BCUT2D eigenvalue weighted by Gasteiger charge is 2.37. The molecule has 2 aromatic rings. The lowest BCUT2D eigenvalue weighted by Gasteiger charge is -2.42. The molecule has 1 aliphatic heterocycles. The first kappa shape index (κ1) is 21.4. The molecule has 6 heteroatoms. The van der Waals surface area contributed by atoms with E-state index in [0.29, 0.717) is 11.1 Å². The molecule has 1 aliphatic carbocycles. The van der Waals surface area contributed by atoms with E-state index in [0.717, 1.165) is 24.0 Å². The number of nitrogens with one attached hydrogen (secondary N) is 2. The minimum atomic E-state index is -0.354. The monoisotopic (exact) mass is 436 g/mol. The van der Waals surface area contributed by atoms with E-state index in [-0.39, 0.29) is 39.0 Å². The second-order valence-corrected chi connectivity index (χ2v) is 10.3. The first-order valence-electron chi connectivity index (χ1n) is 10.4. The van der Waals surface area contributed by atoms with E-state index in [4.69, 9.17) is 12.2 Å². The maximum absolute atomic E-state index is 12.0. The Bertz CT molecular complexity index is 1160. The van der Waals surface area contributed by atoms with Crippen molar-refractivity contribution in [2.24, 2.45) is 0 Å². The third-order valence-electron chi connectivity index (χ3n) is 6.65. The van der Waals surface area contributed by atoms with E-state index in [1.54, 1.807) is 6.07 Å². The Hall–Kier alpha value is -2.86. The molecule has 1 amide bonds. The first-order chi connectivity index (χ1) is 14.4. The number of carbonyl (C=O) groups excluding carboxylic acids is 1. The Morgan fingerprint density at radius 2 is 1.52 bits per heavy atom. The van der Waals surface area contributed by atoms with Crippen LogP contribution >= 0.6 is 12.2 Å². The normalized spacial score (nSPS) is 20.4. The smallest absolute Gasteiger partial charge is 0.273 e. The van der Waals surface area contributed by atoms with E-state index >= 15 is 0 Å². The summed E-state index contributed by atoms with van der Waals surface area (Å²) < 4.78 is 0. The number of aromatic hydroxyl groups is 2. The van der Waals surface area contributed by atoms with Crippen LogP contribution < -0.4 is 10.6 Å². The number of benzene rings is 2. The Morgan fingerprint density at radius 3 is 2.10 bits per heavy atom. The molecule has 0 spiro atoms. The molecule has 1 fully saturated rings. The van der Waals surface area contributed by atoms with E-state index in [1.807, 2.05) is 6.92 Å². The molecule has 4 rings (SSSR count). The molecule has 31 heavy (non-hydrogen) atoms. The molecule has 2 aromatic carbocycles. The van der Waals surface area contributed by atoms with Crippen LogP contribution in [0.15, 0.2) is 30.0 Å². The van der Waals surface area contributed by atoms with Crippen LogP contribution in [0, 0.1) is 6.92 Å². The van der Waals surface area contributed by atoms with Crippen LogP contribution in [-0.2, 0) is 15.6 Å². The van der Waals surface area contributed by atoms with Crippen molar-refractivity contribution < 1.29 is 15.0 Å². The van der Waals surface area contributed by atoms with Crippen molar-refractivity contribution in [2.45, 2.75) is 58.3 Å². The van der Waals surface area contributed by atoms with Gasteiger partial charge in [0.1, 0.15) is 17.2 Å². The van der Waals surface area contributed by atoms with Crippen molar-refractivity contribution in [1.82, 2.24) is 10.6 Å². The highest BCUT2D eigenvalue weighted by molar-refractivity contribution is 7.80. The van der Waals surface area contributed by atoms with Gasteiger partial charge >= 0.3 is 0 Å². The van der Waals surface area contributed by atoms with Crippen LogP contribution in [-0.4, -0.2) is 21.2 Å². The fraction of sp³-hybridized carbons (Fsp3) is 0.360. The van der Waals surface area contributed by atoms with Gasteiger partial charge in [-0.1, -0.05) is 33.8 Å². The van der Waals surface area contributed by atoms with Crippen LogP contribution in [0.25, 0.3) is 17.2 Å². The van der Waals surface area contributed by atoms with Crippen LogP contribution in [0.3, 0.4) is 0 Å². The zero-order valence-corrected chi connectivity index (χ0v) is 19.3. The molecule has 4 N–H and O–H groups in total. The van der Waals surface area contributed by atoms with Gasteiger partial charge in [-0.3, -0.25) is 10.1 Å². The van der Waals surface area contributed by atoms with Crippen LogP contribution in [0.5, 0.6) is 11.5 Å². The summed E-state index contributed by atoms with van der Waals surface area (Å²) in [4.78, 5) is 12.0. The topological polar surface area (TPSA) is 81.6 Å². The average molecular weight is 437 g/mol. The lowest BCUT2D eigenvalue weighted by atomic mass is 9.62. The predicted molar refractivity (Wildman–Crippen MR) is 127 cm³/mol. The molecular weight excluding hydrogens is 408 g/mol. The standard InChI is InChI=1S/C25H28N2O3S/c1-13-8-17-18(25(4,5)7-6-24(17,2)3)11-15(13)16-9-14(20(28)12-21(16)29)10-19-22(30)27-23(31)26-19/h8-12,28-29H,6-7H2,1-5H3,(H2,26,27,30,31). The minimum absolute atomic E-state index is 0.00470. The molecule has 1 saturated heterocycles. The van der Waals surface area contributed by atoms with Crippen molar-refractivity contribution >= 4 is 29.3 Å². The summed E-state index contributed by atoms with van der Waals surface area (Å²) in [5.74, 6) is -0.471. The van der Waals surface area contributed by atoms with Gasteiger partial charge in [0.15, 0.2) is 5.11 Å². The summed E-state index contributed by atoms with van der Waals surface area (Å²) in [5, 5.41) is 26.6. The number of carbonyl (C=O) groups is 1. The summed E-state index contributed by atoms with van der Waals surface area (Å²) in [6.07, 6.45) is 3.76. The van der Waals surface area contributed by atoms with Gasteiger partial charge in [0.25, 0.3) is 5.91 Å². The van der Waals surface area contributed by atoms with Gasteiger partial charge in [0.05, 0.1) is 0 Å². The van der Waals surface area contributed by atoms with E-state index in [2.05, 4.69) is 50.5 Å². The van der Waals surface area contributed by atoms with Crippen molar-refractivity contribution in [2.75, 3.05) is 0 Å². The molecule has 1 heterocycles. The van der Waals surface area contributed by atoms with E-state index in [1.165, 1.54) is 23.3 Å². The van der Waals surface area contributed by atoms with Gasteiger partial charge in [-0.25, -0.2) is 0 Å². The van der Waals surface area contributed by atoms with Crippen molar-refractivity contribution in [3.8, 4) is 22.6 Å². The summed E-state index contributed by atoms with van der Waals surface area (Å²) in [7, 11) is 0. The molecule has 0 bridgehead atoms. The zero-order valence-electron chi connectivity index (χ0n) is 18.5. The number of aryl methyl sites for hydroxylation is 1. The summed E-state index contributed by atoms with van der Waals surface area (Å²) in [5.41, 5.74) is 6.04. The number of hydrogen-bond acceptors (Lipinski definition) is 4. The Morgan fingerprint density at radius 1 is 0.903 bits per heavy atom. The molecule has 0 aromatic heterocycles. The number of rotatable bonds is 2. The molecule has 2 aliphatic rings. The first-order valence-corrected chi connectivity index (χ1v) is 10.9. The third kappa shape index (κ3) is 3.69. The fourth-order valence-corrected chi connectivity index (χ4v) is 4.78. The average Bonchev–Trinajstić information content (AvgIpc) is 2.98. The number of fused-ring (bicyclic) bond motifs is 1. The van der Waals surface area contributed by atoms with Gasteiger partial charge in [0.2, 0.25) is 0 Å². The molecule has 5 nitrogen and oxygen atoms in total. The van der Waals surface area contributed by atoms with Crippen molar-refractivity contribution in [3.05, 3.63) is 52.2 Å². The van der Waals surface area contributed by atoms with Crippen LogP contribution in [0.1, 0.15) is 62.8 Å². The van der Waals surface area contributed by atoms with Gasteiger partial charge in [-0.2, -0.15) is 0 Å². The molecule has 0 radical (unpaired) electrons. The number of amides is 1. The Kier molecular flexibility index (Phi) is 4.89. The van der Waals surface area contributed by atoms with E-state index in [9.17, 15) is 15.0 Å². The molecular formula is C25H28N2O3S. The highest BCUT2D eigenvalue weighted by Crippen LogP contribution is 2.48. The fourth-order valence-electron chi connectivity index (χ4n) is 4.58. The van der Waals surface area contributed by atoms with Gasteiger partial charge in [-0.15, -0.1) is 0 Å². The van der Waals surface area contributed by atoms with Crippen LogP contribution in [0.2, 0.25) is 0 Å². The quantitative estimate of drug-likeness (QED) is 0.403. The second kappa shape index (κ2) is 7.09. The lowest BCUT2D eigenvalue weighted by Crippen LogP contribution is -2.34. The van der Waals surface area contributed by atoms with Crippen molar-refractivity contribution in [1.29, 1.82) is 0 Å². The molecule has 162 valence electrons. The van der Waals surface area contributed by atoms with Crippen molar-refractivity contribution in [3.63, 3.8) is 0 Å². The summed E-state index contributed by atoms with van der Waals surface area (Å²) in [6.45, 7) is 11.1. The highest BCUT2D eigenvalue weighted by atomic mass is 32.1. The van der Waals surface area contributed by atoms with Gasteiger partial charge in [0, 0.05) is 17.2 Å². The van der Waals surface area contributed by atoms with Crippen LogP contribution in [0.4, 0.5) is 0 Å². The number of hydrogen-bond donors (Lipinski definition) is 4. The van der Waals surface area contributed by atoms with E-state index < -0.39 is 0 Å². The molecule has 0 atom stereocenters. The second-order valence-electron chi connectivity index (χ2n) is 9.87. The molecule has 0 saturated carbocycles. The Balaban J connectivity index is 1.88. The van der Waals surface area contributed by atoms with Gasteiger partial charge < -0.3 is 15.5 Å².